The van der Waals surface area contributed by atoms with Crippen LogP contribution >= 0.6 is 12.2 Å². The Morgan fingerprint density at radius 1 is 1.40 bits per heavy atom. The number of allylic oxidation sites excluding steroid dienone is 2. The van der Waals surface area contributed by atoms with Gasteiger partial charge in [-0.2, -0.15) is 13.6 Å². The molecule has 1 aromatic carbocycles. The zero-order valence-electron chi connectivity index (χ0n) is 12.7. The van der Waals surface area contributed by atoms with E-state index in [4.69, 9.17) is 16.8 Å². The Labute approximate surface area is 147 Å². The van der Waals surface area contributed by atoms with Crippen LogP contribution in [0.5, 0.6) is 0 Å². The van der Waals surface area contributed by atoms with Crippen molar-refractivity contribution in [3.8, 4) is 0 Å². The normalized spacial score (nSPS) is 19.7. The van der Waals surface area contributed by atoms with Crippen molar-refractivity contribution < 1.29 is 17.8 Å². The maximum absolute atomic E-state index is 12.7. The van der Waals surface area contributed by atoms with Crippen LogP contribution in [0.4, 0.5) is 0 Å². The van der Waals surface area contributed by atoms with Crippen LogP contribution in [0.3, 0.4) is 0 Å². The standard InChI is InChI=1S/C14H13N5O4S2/c20-12(10-5-4-6-11(9-10)25(21,22)23)15-14(7-2-1-3-8-14)19-13(24)16-17-18-19/h1-7,9H,8H2,(H,15,20)(H,16,18,24)(H,21,22,23). The predicted molar refractivity (Wildman–Crippen MR) is 89.8 cm³/mol. The van der Waals surface area contributed by atoms with Gasteiger partial charge in [-0.15, -0.1) is 0 Å². The Hall–Kier alpha value is -2.63. The van der Waals surface area contributed by atoms with Crippen molar-refractivity contribution >= 4 is 28.2 Å². The molecule has 1 heterocycles. The van der Waals surface area contributed by atoms with Gasteiger partial charge >= 0.3 is 0 Å². The molecule has 1 aliphatic carbocycles. The lowest BCUT2D eigenvalue weighted by atomic mass is 10.0. The summed E-state index contributed by atoms with van der Waals surface area (Å²) in [5.74, 6) is -0.554. The van der Waals surface area contributed by atoms with E-state index in [0.717, 1.165) is 6.07 Å². The van der Waals surface area contributed by atoms with Gasteiger partial charge in [0, 0.05) is 12.0 Å². The molecule has 1 unspecified atom stereocenters. The van der Waals surface area contributed by atoms with Gasteiger partial charge in [0.15, 0.2) is 5.66 Å². The summed E-state index contributed by atoms with van der Waals surface area (Å²) in [7, 11) is -4.41. The summed E-state index contributed by atoms with van der Waals surface area (Å²) >= 11 is 5.11. The third kappa shape index (κ3) is 3.43. The summed E-state index contributed by atoms with van der Waals surface area (Å²) in [6.45, 7) is 0. The number of carbonyl (C=O) groups is 1. The first-order valence-electron chi connectivity index (χ1n) is 7.07. The number of carbonyl (C=O) groups excluding carboxylic acids is 1. The van der Waals surface area contributed by atoms with Crippen LogP contribution in [0.2, 0.25) is 0 Å². The maximum atomic E-state index is 12.7. The first-order chi connectivity index (χ1) is 11.8. The number of amides is 1. The van der Waals surface area contributed by atoms with E-state index in [1.54, 1.807) is 12.2 Å². The highest BCUT2D eigenvalue weighted by Crippen LogP contribution is 2.24. The fourth-order valence-corrected chi connectivity index (χ4v) is 3.22. The van der Waals surface area contributed by atoms with Gasteiger partial charge in [0.05, 0.1) is 4.90 Å². The molecule has 1 aliphatic rings. The van der Waals surface area contributed by atoms with Crippen LogP contribution in [-0.2, 0) is 15.8 Å². The summed E-state index contributed by atoms with van der Waals surface area (Å²) in [6, 6.07) is 5.08. The van der Waals surface area contributed by atoms with E-state index in [-0.39, 0.29) is 15.2 Å². The van der Waals surface area contributed by atoms with Gasteiger partial charge in [-0.25, -0.2) is 4.68 Å². The Morgan fingerprint density at radius 3 is 2.80 bits per heavy atom. The largest absolute Gasteiger partial charge is 0.324 e. The lowest BCUT2D eigenvalue weighted by molar-refractivity contribution is 0.0869. The van der Waals surface area contributed by atoms with Gasteiger partial charge in [-0.05, 0) is 36.5 Å². The number of rotatable bonds is 4. The summed E-state index contributed by atoms with van der Waals surface area (Å²) in [5, 5.41) is 12.8. The maximum Gasteiger partial charge on any atom is 0.294 e. The average Bonchev–Trinajstić information content (AvgIpc) is 3.02. The summed E-state index contributed by atoms with van der Waals surface area (Å²) < 4.78 is 33.2. The second-order valence-corrected chi connectivity index (χ2v) is 7.08. The molecule has 3 rings (SSSR count). The van der Waals surface area contributed by atoms with Gasteiger partial charge in [-0.3, -0.25) is 9.35 Å². The van der Waals surface area contributed by atoms with Crippen LogP contribution in [0.1, 0.15) is 16.8 Å². The van der Waals surface area contributed by atoms with E-state index in [1.165, 1.54) is 22.9 Å². The average molecular weight is 379 g/mol. The minimum Gasteiger partial charge on any atom is -0.324 e. The molecule has 0 bridgehead atoms. The van der Waals surface area contributed by atoms with Gasteiger partial charge in [-0.1, -0.05) is 34.6 Å². The molecule has 130 valence electrons. The molecule has 0 spiro atoms. The van der Waals surface area contributed by atoms with E-state index in [9.17, 15) is 13.2 Å². The first kappa shape index (κ1) is 17.2. The van der Waals surface area contributed by atoms with Gasteiger partial charge in [0.2, 0.25) is 4.77 Å². The number of benzene rings is 1. The highest BCUT2D eigenvalue weighted by atomic mass is 32.2. The van der Waals surface area contributed by atoms with Gasteiger partial charge in [0.25, 0.3) is 16.0 Å². The van der Waals surface area contributed by atoms with Crippen molar-refractivity contribution in [3.05, 3.63) is 58.9 Å². The lowest BCUT2D eigenvalue weighted by Gasteiger charge is -2.32. The molecule has 2 aromatic rings. The van der Waals surface area contributed by atoms with Crippen molar-refractivity contribution in [2.45, 2.75) is 17.0 Å². The van der Waals surface area contributed by atoms with Crippen molar-refractivity contribution in [1.29, 1.82) is 0 Å². The van der Waals surface area contributed by atoms with Crippen molar-refractivity contribution in [1.82, 2.24) is 25.5 Å². The molecule has 1 atom stereocenters. The molecule has 1 aromatic heterocycles. The zero-order chi connectivity index (χ0) is 18.1. The van der Waals surface area contributed by atoms with Crippen molar-refractivity contribution in [2.24, 2.45) is 0 Å². The van der Waals surface area contributed by atoms with Crippen LogP contribution in [0.15, 0.2) is 53.5 Å². The number of tetrazole rings is 1. The van der Waals surface area contributed by atoms with Crippen molar-refractivity contribution in [2.75, 3.05) is 0 Å². The number of aromatic amines is 1. The molecule has 0 radical (unpaired) electrons. The number of hydrogen-bond donors (Lipinski definition) is 3. The fourth-order valence-electron chi connectivity index (χ4n) is 2.45. The highest BCUT2D eigenvalue weighted by molar-refractivity contribution is 7.85. The van der Waals surface area contributed by atoms with Crippen LogP contribution < -0.4 is 5.32 Å². The third-order valence-electron chi connectivity index (χ3n) is 3.64. The van der Waals surface area contributed by atoms with Gasteiger partial charge < -0.3 is 5.32 Å². The number of H-pyrrole nitrogens is 1. The molecule has 0 fully saturated rings. The molecular formula is C14H13N5O4S2. The zero-order valence-corrected chi connectivity index (χ0v) is 14.3. The molecule has 1 amide bonds. The number of hydrogen-bond acceptors (Lipinski definition) is 6. The molecule has 0 aliphatic heterocycles. The quantitative estimate of drug-likeness (QED) is 0.537. The predicted octanol–water partition coefficient (Wildman–Crippen LogP) is 1.18. The Bertz CT molecular complexity index is 1040. The molecule has 3 N–H and O–H groups in total. The molecular weight excluding hydrogens is 366 g/mol. The van der Waals surface area contributed by atoms with Crippen molar-refractivity contribution in [3.63, 3.8) is 0 Å². The van der Waals surface area contributed by atoms with E-state index in [0.29, 0.717) is 6.42 Å². The molecule has 9 nitrogen and oxygen atoms in total. The smallest absolute Gasteiger partial charge is 0.294 e. The molecule has 25 heavy (non-hydrogen) atoms. The number of nitrogens with zero attached hydrogens (tertiary/aromatic N) is 3. The lowest BCUT2D eigenvalue weighted by Crippen LogP contribution is -2.50. The second-order valence-electron chi connectivity index (χ2n) is 5.29. The summed E-state index contributed by atoms with van der Waals surface area (Å²) in [4.78, 5) is 12.3. The number of aromatic nitrogens is 4. The number of nitrogens with one attached hydrogen (secondary N) is 2. The van der Waals surface area contributed by atoms with E-state index >= 15 is 0 Å². The Balaban J connectivity index is 1.98. The molecule has 11 heteroatoms. The van der Waals surface area contributed by atoms with Gasteiger partial charge in [0.1, 0.15) is 0 Å². The van der Waals surface area contributed by atoms with E-state index in [1.807, 2.05) is 12.2 Å². The third-order valence-corrected chi connectivity index (χ3v) is 4.76. The monoisotopic (exact) mass is 379 g/mol. The SMILES string of the molecule is O=C(NC1(n2[nH]nnc2=S)C=CC=CC1)c1cccc(S(=O)(=O)O)c1. The first-order valence-corrected chi connectivity index (χ1v) is 8.92. The Morgan fingerprint density at radius 2 is 2.20 bits per heavy atom. The minimum atomic E-state index is -4.41. The second kappa shape index (κ2) is 6.35. The Kier molecular flexibility index (Phi) is 4.37. The minimum absolute atomic E-state index is 0.0662. The molecule has 0 saturated heterocycles. The summed E-state index contributed by atoms with van der Waals surface area (Å²) in [6.07, 6.45) is 7.48. The van der Waals surface area contributed by atoms with Crippen LogP contribution in [-0.4, -0.2) is 39.1 Å². The summed E-state index contributed by atoms with van der Waals surface area (Å²) in [5.41, 5.74) is -0.989. The topological polar surface area (TPSA) is 130 Å². The van der Waals surface area contributed by atoms with Crippen LogP contribution in [0, 0.1) is 4.77 Å². The fraction of sp³-hybridized carbons (Fsp3) is 0.143. The van der Waals surface area contributed by atoms with E-state index in [2.05, 4.69) is 20.8 Å². The highest BCUT2D eigenvalue weighted by Gasteiger charge is 2.33. The van der Waals surface area contributed by atoms with Crippen LogP contribution in [0.25, 0.3) is 0 Å². The molecule has 0 saturated carbocycles. The van der Waals surface area contributed by atoms with E-state index < -0.39 is 21.7 Å².